The Kier molecular flexibility index (Phi) is 4.83. The number of methoxy groups -OCH3 is 1. The molecule has 1 aliphatic rings. The number of hydrogen-bond acceptors (Lipinski definition) is 5. The predicted octanol–water partition coefficient (Wildman–Crippen LogP) is 4.14. The molecule has 132 valence electrons. The van der Waals surface area contributed by atoms with E-state index in [0.29, 0.717) is 22.7 Å². The van der Waals surface area contributed by atoms with Gasteiger partial charge in [-0.3, -0.25) is 0 Å². The van der Waals surface area contributed by atoms with Crippen molar-refractivity contribution in [2.75, 3.05) is 7.11 Å². The molecule has 0 fully saturated rings. The Morgan fingerprint density at radius 3 is 2.77 bits per heavy atom. The number of nitrogens with zero attached hydrogens (tertiary/aromatic N) is 1. The maximum absolute atomic E-state index is 13.5. The number of allylic oxidation sites excluding steroid dienone is 2. The molecule has 2 aromatic rings. The maximum Gasteiger partial charge on any atom is 0.336 e. The minimum absolute atomic E-state index is 0.109. The first-order chi connectivity index (χ1) is 12.5. The topological polar surface area (TPSA) is 75.3 Å². The van der Waals surface area contributed by atoms with Crippen LogP contribution < -0.4 is 5.32 Å². The Morgan fingerprint density at radius 2 is 2.19 bits per heavy atom. The smallest absolute Gasteiger partial charge is 0.336 e. The van der Waals surface area contributed by atoms with E-state index >= 15 is 0 Å². The van der Waals surface area contributed by atoms with Crippen molar-refractivity contribution in [2.24, 2.45) is 0 Å². The zero-order valence-electron chi connectivity index (χ0n) is 14.0. The lowest BCUT2D eigenvalue weighted by Gasteiger charge is -2.29. The quantitative estimate of drug-likeness (QED) is 0.819. The van der Waals surface area contributed by atoms with Crippen molar-refractivity contribution in [1.29, 1.82) is 5.26 Å². The van der Waals surface area contributed by atoms with Crippen LogP contribution in [0.2, 0.25) is 5.02 Å². The Labute approximate surface area is 154 Å². The summed E-state index contributed by atoms with van der Waals surface area (Å²) in [5.74, 6) is -1.50. The summed E-state index contributed by atoms with van der Waals surface area (Å²) in [4.78, 5) is 12.4. The molecule has 1 N–H and O–H groups in total. The Hall–Kier alpha value is -3.04. The fourth-order valence-corrected chi connectivity index (χ4v) is 3.27. The Bertz CT molecular complexity index is 971. The van der Waals surface area contributed by atoms with Gasteiger partial charge in [0.15, 0.2) is 5.76 Å². The number of ether oxygens (including phenoxy) is 1. The first-order valence-corrected chi connectivity index (χ1v) is 8.05. The van der Waals surface area contributed by atoms with Crippen LogP contribution in [0.15, 0.2) is 57.9 Å². The highest BCUT2D eigenvalue weighted by molar-refractivity contribution is 6.31. The molecular formula is C19H14ClFN2O3. The molecule has 0 aliphatic carbocycles. The summed E-state index contributed by atoms with van der Waals surface area (Å²) in [6.45, 7) is 1.69. The molecule has 0 spiro atoms. The molecule has 1 aromatic heterocycles. The standard InChI is InChI=1S/C19H14ClFN2O3/c1-10-16(19(24)25-2)17(12-6-5-11(21)8-14(12)20)13(9-22)18(23-10)15-4-3-7-26-15/h3-8,17,23H,1-2H3. The van der Waals surface area contributed by atoms with E-state index in [1.165, 1.54) is 25.5 Å². The summed E-state index contributed by atoms with van der Waals surface area (Å²) in [5.41, 5.74) is 1.79. The van der Waals surface area contributed by atoms with Gasteiger partial charge in [-0.2, -0.15) is 5.26 Å². The van der Waals surface area contributed by atoms with E-state index in [1.54, 1.807) is 19.1 Å². The molecule has 1 aliphatic heterocycles. The van der Waals surface area contributed by atoms with Gasteiger partial charge in [0.1, 0.15) is 5.82 Å². The van der Waals surface area contributed by atoms with Crippen molar-refractivity contribution in [1.82, 2.24) is 5.32 Å². The van der Waals surface area contributed by atoms with Crippen molar-refractivity contribution in [3.63, 3.8) is 0 Å². The predicted molar refractivity (Wildman–Crippen MR) is 93.2 cm³/mol. The number of rotatable bonds is 3. The first-order valence-electron chi connectivity index (χ1n) is 7.67. The molecule has 1 atom stereocenters. The molecule has 26 heavy (non-hydrogen) atoms. The van der Waals surface area contributed by atoms with Crippen LogP contribution in [0.3, 0.4) is 0 Å². The van der Waals surface area contributed by atoms with Crippen LogP contribution in [0.1, 0.15) is 24.2 Å². The average Bonchev–Trinajstić information content (AvgIpc) is 3.15. The second kappa shape index (κ2) is 7.06. The highest BCUT2D eigenvalue weighted by Crippen LogP contribution is 2.43. The number of esters is 1. The highest BCUT2D eigenvalue weighted by Gasteiger charge is 2.37. The van der Waals surface area contributed by atoms with E-state index in [2.05, 4.69) is 11.4 Å². The minimum Gasteiger partial charge on any atom is -0.466 e. The van der Waals surface area contributed by atoms with Gasteiger partial charge in [0, 0.05) is 10.7 Å². The highest BCUT2D eigenvalue weighted by atomic mass is 35.5. The van der Waals surface area contributed by atoms with Crippen LogP contribution in [0.5, 0.6) is 0 Å². The number of nitriles is 1. The lowest BCUT2D eigenvalue weighted by molar-refractivity contribution is -0.136. The molecule has 0 amide bonds. The van der Waals surface area contributed by atoms with Crippen LogP contribution in [-0.4, -0.2) is 13.1 Å². The molecule has 0 saturated heterocycles. The lowest BCUT2D eigenvalue weighted by Crippen LogP contribution is -2.28. The van der Waals surface area contributed by atoms with Crippen LogP contribution in [0, 0.1) is 17.1 Å². The van der Waals surface area contributed by atoms with E-state index in [4.69, 9.17) is 20.8 Å². The van der Waals surface area contributed by atoms with Crippen LogP contribution in [0.4, 0.5) is 4.39 Å². The minimum atomic E-state index is -0.818. The van der Waals surface area contributed by atoms with Crippen molar-refractivity contribution < 1.29 is 18.3 Å². The molecule has 7 heteroatoms. The van der Waals surface area contributed by atoms with E-state index in [1.807, 2.05) is 0 Å². The molecule has 0 radical (unpaired) electrons. The number of halogens is 2. The zero-order chi connectivity index (χ0) is 18.8. The van der Waals surface area contributed by atoms with Gasteiger partial charge in [-0.25, -0.2) is 9.18 Å². The van der Waals surface area contributed by atoms with Gasteiger partial charge in [0.05, 0.1) is 42.2 Å². The zero-order valence-corrected chi connectivity index (χ0v) is 14.7. The molecule has 1 aromatic carbocycles. The van der Waals surface area contributed by atoms with Crippen molar-refractivity contribution >= 4 is 23.3 Å². The van der Waals surface area contributed by atoms with E-state index in [9.17, 15) is 14.4 Å². The second-order valence-corrected chi connectivity index (χ2v) is 6.04. The van der Waals surface area contributed by atoms with E-state index < -0.39 is 17.7 Å². The largest absolute Gasteiger partial charge is 0.466 e. The van der Waals surface area contributed by atoms with Crippen LogP contribution in [-0.2, 0) is 9.53 Å². The van der Waals surface area contributed by atoms with E-state index in [0.717, 1.165) is 6.07 Å². The van der Waals surface area contributed by atoms with Gasteiger partial charge in [0.2, 0.25) is 0 Å². The lowest BCUT2D eigenvalue weighted by atomic mass is 9.80. The van der Waals surface area contributed by atoms with Crippen molar-refractivity contribution in [2.45, 2.75) is 12.8 Å². The van der Waals surface area contributed by atoms with Gasteiger partial charge < -0.3 is 14.5 Å². The Morgan fingerprint density at radius 1 is 1.42 bits per heavy atom. The number of dihydropyridines is 1. The second-order valence-electron chi connectivity index (χ2n) is 5.63. The van der Waals surface area contributed by atoms with Crippen LogP contribution in [0.25, 0.3) is 5.70 Å². The van der Waals surface area contributed by atoms with Gasteiger partial charge >= 0.3 is 5.97 Å². The number of carbonyl (C=O) groups is 1. The molecular weight excluding hydrogens is 359 g/mol. The summed E-state index contributed by atoms with van der Waals surface area (Å²) in [6, 6.07) is 9.34. The van der Waals surface area contributed by atoms with Gasteiger partial charge in [-0.05, 0) is 36.8 Å². The van der Waals surface area contributed by atoms with Crippen molar-refractivity contribution in [3.8, 4) is 6.07 Å². The third kappa shape index (κ3) is 2.98. The molecule has 3 rings (SSSR count). The van der Waals surface area contributed by atoms with E-state index in [-0.39, 0.29) is 16.2 Å². The summed E-state index contributed by atoms with van der Waals surface area (Å²) < 4.78 is 23.8. The molecule has 5 nitrogen and oxygen atoms in total. The van der Waals surface area contributed by atoms with Crippen molar-refractivity contribution in [3.05, 3.63) is 75.6 Å². The fourth-order valence-electron chi connectivity index (χ4n) is 2.99. The number of nitrogens with one attached hydrogen (secondary N) is 1. The summed E-state index contributed by atoms with van der Waals surface area (Å²) in [5, 5.41) is 13.0. The first kappa shape index (κ1) is 17.8. The van der Waals surface area contributed by atoms with Gasteiger partial charge in [-0.15, -0.1) is 0 Å². The normalized spacial score (nSPS) is 17.0. The van der Waals surface area contributed by atoms with Gasteiger partial charge in [0.25, 0.3) is 0 Å². The number of carbonyl (C=O) groups excluding carboxylic acids is 1. The summed E-state index contributed by atoms with van der Waals surface area (Å²) in [6.07, 6.45) is 1.48. The number of hydrogen-bond donors (Lipinski definition) is 1. The van der Waals surface area contributed by atoms with Crippen LogP contribution >= 0.6 is 11.6 Å². The average molecular weight is 373 g/mol. The monoisotopic (exact) mass is 372 g/mol. The molecule has 2 heterocycles. The summed E-state index contributed by atoms with van der Waals surface area (Å²) >= 11 is 6.23. The molecule has 1 unspecified atom stereocenters. The number of furan rings is 1. The maximum atomic E-state index is 13.5. The summed E-state index contributed by atoms with van der Waals surface area (Å²) in [7, 11) is 1.25. The Balaban J connectivity index is 2.29. The molecule has 0 bridgehead atoms. The third-order valence-electron chi connectivity index (χ3n) is 4.13. The fraction of sp³-hybridized carbons (Fsp3) is 0.158. The third-order valence-corrected chi connectivity index (χ3v) is 4.46. The van der Waals surface area contributed by atoms with Gasteiger partial charge in [-0.1, -0.05) is 17.7 Å². The molecule has 0 saturated carbocycles. The number of benzene rings is 1. The SMILES string of the molecule is COC(=O)C1=C(C)NC(c2ccco2)=C(C#N)C1c1ccc(F)cc1Cl.